The van der Waals surface area contributed by atoms with Crippen LogP contribution in [0.3, 0.4) is 0 Å². The second-order valence-corrected chi connectivity index (χ2v) is 22.3. The van der Waals surface area contributed by atoms with Crippen molar-refractivity contribution >= 4 is 78.8 Å². The summed E-state index contributed by atoms with van der Waals surface area (Å²) < 4.78 is 43.7. The highest BCUT2D eigenvalue weighted by Gasteiger charge is 2.21. The first-order valence-electron chi connectivity index (χ1n) is 30.2. The van der Waals surface area contributed by atoms with Crippen molar-refractivity contribution < 1.29 is 33.2 Å². The molecule has 22 nitrogen and oxygen atoms in total. The highest BCUT2D eigenvalue weighted by molar-refractivity contribution is 6.35. The van der Waals surface area contributed by atoms with E-state index in [1.165, 1.54) is 0 Å². The lowest BCUT2D eigenvalue weighted by Crippen LogP contribution is -2.22. The fourth-order valence-electron chi connectivity index (χ4n) is 10.4. The minimum Gasteiger partial charge on any atom is -0.497 e. The highest BCUT2D eigenvalue weighted by Crippen LogP contribution is 2.42. The first-order chi connectivity index (χ1) is 45.1. The van der Waals surface area contributed by atoms with E-state index in [1.807, 2.05) is 132 Å². The zero-order valence-corrected chi connectivity index (χ0v) is 55.3. The molecule has 0 fully saturated rings. The van der Waals surface area contributed by atoms with Crippen LogP contribution in [0.15, 0.2) is 159 Å². The largest absolute Gasteiger partial charge is 0.497 e. The van der Waals surface area contributed by atoms with E-state index in [0.29, 0.717) is 48.7 Å². The van der Waals surface area contributed by atoms with Gasteiger partial charge in [0.15, 0.2) is 0 Å². The predicted molar refractivity (Wildman–Crippen MR) is 367 cm³/mol. The van der Waals surface area contributed by atoms with E-state index in [4.69, 9.17) is 59.7 Å². The van der Waals surface area contributed by atoms with Crippen molar-refractivity contribution in [2.24, 2.45) is 27.1 Å². The van der Waals surface area contributed by atoms with Gasteiger partial charge in [0.25, 0.3) is 0 Å². The van der Waals surface area contributed by atoms with Crippen LogP contribution in [-0.2, 0) is 25.9 Å². The number of anilines is 6. The third-order valence-corrected chi connectivity index (χ3v) is 15.5. The normalized spacial score (nSPS) is 11.0. The van der Waals surface area contributed by atoms with E-state index in [2.05, 4.69) is 77.9 Å². The molecular weight excluding hydrogens is 1200 g/mol. The van der Waals surface area contributed by atoms with Crippen molar-refractivity contribution in [3.8, 4) is 68.3 Å². The zero-order chi connectivity index (χ0) is 65.7. The lowest BCUT2D eigenvalue weighted by atomic mass is 10.1. The number of fused-ring (bicyclic) bond motifs is 3. The molecule has 6 aromatic heterocycles. The molecule has 0 aliphatic heterocycles. The number of methoxy groups -OCH3 is 6. The third-order valence-electron chi connectivity index (χ3n) is 15.1. The minimum absolute atomic E-state index is 0.445. The number of aromatic nitrogens is 12. The minimum atomic E-state index is 0.445. The Morgan fingerprint density at radius 3 is 1.17 bits per heavy atom. The molecule has 0 bridgehead atoms. The summed E-state index contributed by atoms with van der Waals surface area (Å²) >= 11 is 6.63. The molecule has 0 spiro atoms. The predicted octanol–water partition coefficient (Wildman–Crippen LogP) is 13.9. The Labute approximate surface area is 545 Å². The van der Waals surface area contributed by atoms with E-state index in [9.17, 15) is 0 Å². The molecule has 0 amide bonds. The number of nitrogens with zero attached hydrogens (tertiary/aromatic N) is 15. The van der Waals surface area contributed by atoms with Gasteiger partial charge in [0.1, 0.15) is 39.5 Å². The van der Waals surface area contributed by atoms with E-state index >= 15 is 0 Å². The first-order valence-corrected chi connectivity index (χ1v) is 30.5. The molecule has 93 heavy (non-hydrogen) atoms. The molecule has 0 radical (unpaired) electrons. The van der Waals surface area contributed by atoms with Crippen molar-refractivity contribution in [1.29, 1.82) is 0 Å². The van der Waals surface area contributed by atoms with Gasteiger partial charge in [-0.1, -0.05) is 25.4 Å². The van der Waals surface area contributed by atoms with Crippen LogP contribution >= 0.6 is 11.6 Å². The van der Waals surface area contributed by atoms with Gasteiger partial charge in [-0.05, 0) is 74.4 Å². The molecule has 12 aromatic rings. The summed E-state index contributed by atoms with van der Waals surface area (Å²) in [5.74, 6) is 4.62. The summed E-state index contributed by atoms with van der Waals surface area (Å²) in [6, 6.07) is 33.6. The zero-order valence-electron chi connectivity index (χ0n) is 54.6. The topological polar surface area (TPSA) is 205 Å². The van der Waals surface area contributed by atoms with E-state index < -0.39 is 0 Å². The number of hydrogen-bond acceptors (Lipinski definition) is 19. The van der Waals surface area contributed by atoms with Crippen LogP contribution in [0.2, 0.25) is 5.02 Å². The number of ether oxygens (including phenoxy) is 7. The SMILES string of the molecule is CCN(c1ccc2ncc(-c3cnn(C)c3)nc2c1)c1cc(OC)cc(OC)c1Cl.CCOCCN(c1cc(OC)cc(OC)c1)c1ccc2ncc(-c3cnn(C)c3)nc2c1.COc1cc(OC)cc(N(CC(C)C)c2ccc3ncc(-c4cnn(C)c4)nc3c2)c1. The van der Waals surface area contributed by atoms with Crippen LogP contribution in [0, 0.1) is 5.92 Å². The summed E-state index contributed by atoms with van der Waals surface area (Å²) in [5, 5.41) is 13.2. The Morgan fingerprint density at radius 1 is 0.430 bits per heavy atom. The average Bonchev–Trinajstić information content (AvgIpc) is 1.55. The second-order valence-electron chi connectivity index (χ2n) is 21.9. The molecule has 0 aliphatic rings. The number of aryl methyl sites for hydroxylation is 3. The molecule has 0 atom stereocenters. The first kappa shape index (κ1) is 65.4. The number of rotatable bonds is 22. The maximum Gasteiger partial charge on any atom is 0.143 e. The smallest absolute Gasteiger partial charge is 0.143 e. The summed E-state index contributed by atoms with van der Waals surface area (Å²) in [4.78, 5) is 34.7. The third kappa shape index (κ3) is 15.6. The molecular formula is C70H76ClN15O7. The summed E-state index contributed by atoms with van der Waals surface area (Å²) in [6.45, 7) is 11.9. The van der Waals surface area contributed by atoms with Crippen LogP contribution in [0.1, 0.15) is 27.7 Å². The molecule has 0 unspecified atom stereocenters. The molecule has 480 valence electrons. The van der Waals surface area contributed by atoms with Crippen molar-refractivity contribution in [2.75, 3.05) is 90.2 Å². The molecule has 0 saturated heterocycles. The quantitative estimate of drug-likeness (QED) is 0.0578. The molecule has 0 N–H and O–H groups in total. The second kappa shape index (κ2) is 30.0. The monoisotopic (exact) mass is 1270 g/mol. The standard InChI is InChI=1S/C24H27N5O3.C24H27N5O2.C22H22ClN5O2/c1-5-32-9-8-29(19-10-20(30-3)13-21(11-19)31-4)18-6-7-22-23(12-18)27-24(15-25-22)17-14-26-28(2)16-17;1-16(2)14-29(19-8-20(30-4)11-21(9-19)31-5)18-6-7-22-23(10-18)27-24(13-25-22)17-12-26-28(3)15-17;1-5-28(20-9-16(29-3)10-21(30-4)22(20)23)15-6-7-17-18(8-15)26-19(12-24-17)14-11-25-27(2)13-14/h6-7,10-16H,5,8-9H2,1-4H3;6-13,15-16H,14H2,1-5H3;6-13H,5H2,1-4H3. The molecule has 0 aliphatic carbocycles. The Bertz CT molecular complexity index is 4470. The Kier molecular flexibility index (Phi) is 21.1. The van der Waals surface area contributed by atoms with E-state index in [-0.39, 0.29) is 0 Å². The number of benzene rings is 6. The molecule has 23 heteroatoms. The van der Waals surface area contributed by atoms with Gasteiger partial charge in [-0.2, -0.15) is 15.3 Å². The van der Waals surface area contributed by atoms with Crippen LogP contribution < -0.4 is 43.1 Å². The maximum atomic E-state index is 6.63. The Morgan fingerprint density at radius 2 is 0.817 bits per heavy atom. The summed E-state index contributed by atoms with van der Waals surface area (Å²) in [7, 11) is 15.5. The average molecular weight is 1270 g/mol. The number of halogens is 1. The van der Waals surface area contributed by atoms with Gasteiger partial charge in [-0.25, -0.2) is 15.0 Å². The Balaban J connectivity index is 0.000000153. The highest BCUT2D eigenvalue weighted by atomic mass is 35.5. The fraction of sp³-hybridized carbons (Fsp3) is 0.271. The Hall–Kier alpha value is -10.6. The van der Waals surface area contributed by atoms with Crippen molar-refractivity contribution in [3.05, 3.63) is 164 Å². The van der Waals surface area contributed by atoms with Crippen LogP contribution in [-0.4, -0.2) is 135 Å². The van der Waals surface area contributed by atoms with Crippen molar-refractivity contribution in [1.82, 2.24) is 59.2 Å². The van der Waals surface area contributed by atoms with Gasteiger partial charge < -0.3 is 47.9 Å². The van der Waals surface area contributed by atoms with Crippen molar-refractivity contribution in [2.45, 2.75) is 27.7 Å². The lowest BCUT2D eigenvalue weighted by Gasteiger charge is -2.28. The fourth-order valence-corrected chi connectivity index (χ4v) is 10.7. The van der Waals surface area contributed by atoms with Crippen molar-refractivity contribution in [3.63, 3.8) is 0 Å². The van der Waals surface area contributed by atoms with Gasteiger partial charge in [0.2, 0.25) is 0 Å². The van der Waals surface area contributed by atoms with Gasteiger partial charge in [0.05, 0.1) is 142 Å². The van der Waals surface area contributed by atoms with Gasteiger partial charge >= 0.3 is 0 Å². The van der Waals surface area contributed by atoms with Gasteiger partial charge in [-0.3, -0.25) is 29.0 Å². The number of hydrogen-bond donors (Lipinski definition) is 0. The van der Waals surface area contributed by atoms with E-state index in [0.717, 1.165) is 131 Å². The molecule has 6 heterocycles. The van der Waals surface area contributed by atoms with Gasteiger partial charge in [-0.15, -0.1) is 0 Å². The van der Waals surface area contributed by atoms with Crippen LogP contribution in [0.5, 0.6) is 34.5 Å². The lowest BCUT2D eigenvalue weighted by molar-refractivity contribution is 0.155. The maximum absolute atomic E-state index is 6.63. The van der Waals surface area contributed by atoms with E-state index in [1.54, 1.807) is 100.0 Å². The van der Waals surface area contributed by atoms with Crippen LogP contribution in [0.25, 0.3) is 66.9 Å². The summed E-state index contributed by atoms with van der Waals surface area (Å²) in [5.41, 5.74) is 15.8. The molecule has 6 aromatic carbocycles. The molecule has 12 rings (SSSR count). The molecule has 0 saturated carbocycles. The van der Waals surface area contributed by atoms with Gasteiger partial charge in [0, 0.05) is 160 Å². The summed E-state index contributed by atoms with van der Waals surface area (Å²) in [6.07, 6.45) is 16.5. The van der Waals surface area contributed by atoms with Crippen LogP contribution in [0.4, 0.5) is 34.1 Å².